The Morgan fingerprint density at radius 3 is 2.46 bits per heavy atom. The molecule has 1 aromatic rings. The van der Waals surface area contributed by atoms with Gasteiger partial charge in [0.2, 0.25) is 0 Å². The van der Waals surface area contributed by atoms with E-state index in [9.17, 15) is 9.59 Å². The Bertz CT molecular complexity index is 669. The van der Waals surface area contributed by atoms with Gasteiger partial charge >= 0.3 is 12.0 Å². The standard InChI is InChI=1S/C19H27N3O3S/c1-5-22(6-2)15-9-7-14(8-10-15)17-16(13(3)20-19(24)21-17)18(23)25-11-12-26-4/h7-10,17H,5-6,11-12H2,1-4H3,(H2,20,21,24). The second-order valence-corrected chi connectivity index (χ2v) is 6.95. The van der Waals surface area contributed by atoms with Crippen molar-refractivity contribution in [3.8, 4) is 0 Å². The van der Waals surface area contributed by atoms with Crippen LogP contribution < -0.4 is 15.5 Å². The van der Waals surface area contributed by atoms with Crippen LogP contribution in [0.15, 0.2) is 35.5 Å². The summed E-state index contributed by atoms with van der Waals surface area (Å²) in [6.07, 6.45) is 1.96. The highest BCUT2D eigenvalue weighted by atomic mass is 32.2. The molecule has 1 atom stereocenters. The summed E-state index contributed by atoms with van der Waals surface area (Å²) in [6.45, 7) is 8.13. The lowest BCUT2D eigenvalue weighted by Crippen LogP contribution is -2.45. The van der Waals surface area contributed by atoms with Crippen LogP contribution in [-0.4, -0.2) is 43.7 Å². The molecule has 0 spiro atoms. The molecule has 0 saturated carbocycles. The maximum absolute atomic E-state index is 12.6. The number of allylic oxidation sites excluding steroid dienone is 1. The van der Waals surface area contributed by atoms with Crippen LogP contribution in [0.1, 0.15) is 32.4 Å². The number of nitrogens with zero attached hydrogens (tertiary/aromatic N) is 1. The van der Waals surface area contributed by atoms with E-state index in [1.54, 1.807) is 18.7 Å². The molecule has 0 aromatic heterocycles. The summed E-state index contributed by atoms with van der Waals surface area (Å²) in [4.78, 5) is 26.7. The van der Waals surface area contributed by atoms with Gasteiger partial charge in [-0.3, -0.25) is 0 Å². The van der Waals surface area contributed by atoms with E-state index in [2.05, 4.69) is 29.4 Å². The van der Waals surface area contributed by atoms with Crippen LogP contribution >= 0.6 is 11.8 Å². The fourth-order valence-corrected chi connectivity index (χ4v) is 3.23. The summed E-state index contributed by atoms with van der Waals surface area (Å²) in [7, 11) is 0. The van der Waals surface area contributed by atoms with Gasteiger partial charge < -0.3 is 20.3 Å². The maximum atomic E-state index is 12.6. The predicted octanol–water partition coefficient (Wildman–Crippen LogP) is 3.07. The zero-order chi connectivity index (χ0) is 19.1. The van der Waals surface area contributed by atoms with E-state index in [1.807, 2.05) is 30.5 Å². The Labute approximate surface area is 159 Å². The first-order valence-corrected chi connectivity index (χ1v) is 10.2. The van der Waals surface area contributed by atoms with Crippen LogP contribution in [0, 0.1) is 0 Å². The number of benzene rings is 1. The molecule has 2 N–H and O–H groups in total. The minimum atomic E-state index is -0.517. The van der Waals surface area contributed by atoms with Crippen molar-refractivity contribution in [3.05, 3.63) is 41.1 Å². The van der Waals surface area contributed by atoms with Crippen LogP contribution in [0.25, 0.3) is 0 Å². The molecule has 1 heterocycles. The number of rotatable bonds is 8. The van der Waals surface area contributed by atoms with Gasteiger partial charge in [0.05, 0.1) is 11.6 Å². The van der Waals surface area contributed by atoms with Gasteiger partial charge in [0.15, 0.2) is 0 Å². The van der Waals surface area contributed by atoms with Crippen molar-refractivity contribution in [1.29, 1.82) is 0 Å². The second-order valence-electron chi connectivity index (χ2n) is 5.96. The van der Waals surface area contributed by atoms with Crippen molar-refractivity contribution in [2.24, 2.45) is 0 Å². The van der Waals surface area contributed by atoms with Crippen LogP contribution in [0.4, 0.5) is 10.5 Å². The largest absolute Gasteiger partial charge is 0.461 e. The Hall–Kier alpha value is -2.15. The predicted molar refractivity (Wildman–Crippen MR) is 106 cm³/mol. The van der Waals surface area contributed by atoms with E-state index in [1.165, 1.54) is 0 Å². The fourth-order valence-electron chi connectivity index (χ4n) is 2.98. The zero-order valence-electron chi connectivity index (χ0n) is 15.8. The number of ether oxygens (including phenoxy) is 1. The molecule has 1 unspecified atom stereocenters. The lowest BCUT2D eigenvalue weighted by molar-refractivity contribution is -0.138. The molecule has 142 valence electrons. The summed E-state index contributed by atoms with van der Waals surface area (Å²) < 4.78 is 5.36. The number of esters is 1. The van der Waals surface area contributed by atoms with Gasteiger partial charge in [0, 0.05) is 30.2 Å². The fraction of sp³-hybridized carbons (Fsp3) is 0.474. The van der Waals surface area contributed by atoms with E-state index in [0.717, 1.165) is 30.1 Å². The number of urea groups is 1. The Balaban J connectivity index is 2.27. The van der Waals surface area contributed by atoms with Gasteiger partial charge in [-0.05, 0) is 44.7 Å². The first kappa shape index (κ1) is 20.2. The smallest absolute Gasteiger partial charge is 0.338 e. The van der Waals surface area contributed by atoms with Crippen LogP contribution in [0.2, 0.25) is 0 Å². The number of carbonyl (C=O) groups excluding carboxylic acids is 2. The van der Waals surface area contributed by atoms with Gasteiger partial charge in [0.25, 0.3) is 0 Å². The number of amides is 2. The molecule has 0 fully saturated rings. The van der Waals surface area contributed by atoms with Crippen molar-refractivity contribution in [1.82, 2.24) is 10.6 Å². The number of thioether (sulfide) groups is 1. The Morgan fingerprint density at radius 1 is 1.23 bits per heavy atom. The minimum absolute atomic E-state index is 0.319. The first-order valence-electron chi connectivity index (χ1n) is 8.81. The van der Waals surface area contributed by atoms with Crippen molar-refractivity contribution in [2.45, 2.75) is 26.8 Å². The SMILES string of the molecule is CCN(CC)c1ccc(C2NC(=O)NC(C)=C2C(=O)OCCSC)cc1. The van der Waals surface area contributed by atoms with Gasteiger partial charge in [-0.2, -0.15) is 11.8 Å². The number of hydrogen-bond acceptors (Lipinski definition) is 5. The molecule has 2 rings (SSSR count). The van der Waals surface area contributed by atoms with Gasteiger partial charge in [-0.1, -0.05) is 12.1 Å². The third-order valence-electron chi connectivity index (χ3n) is 4.36. The summed E-state index contributed by atoms with van der Waals surface area (Å²) in [5, 5.41) is 5.50. The second kappa shape index (κ2) is 9.52. The van der Waals surface area contributed by atoms with Crippen molar-refractivity contribution in [3.63, 3.8) is 0 Å². The highest BCUT2D eigenvalue weighted by Crippen LogP contribution is 2.29. The van der Waals surface area contributed by atoms with E-state index >= 15 is 0 Å². The number of nitrogens with one attached hydrogen (secondary N) is 2. The maximum Gasteiger partial charge on any atom is 0.338 e. The van der Waals surface area contributed by atoms with Crippen LogP contribution in [-0.2, 0) is 9.53 Å². The molecule has 1 aliphatic heterocycles. The Morgan fingerprint density at radius 2 is 1.88 bits per heavy atom. The number of carbonyl (C=O) groups is 2. The number of anilines is 1. The van der Waals surface area contributed by atoms with Gasteiger partial charge in [-0.15, -0.1) is 0 Å². The monoisotopic (exact) mass is 377 g/mol. The topological polar surface area (TPSA) is 70.7 Å². The molecule has 1 aliphatic rings. The summed E-state index contributed by atoms with van der Waals surface area (Å²) in [6, 6.07) is 7.10. The summed E-state index contributed by atoms with van der Waals surface area (Å²) in [5.41, 5.74) is 2.94. The molecule has 0 aliphatic carbocycles. The lowest BCUT2D eigenvalue weighted by atomic mass is 9.95. The van der Waals surface area contributed by atoms with E-state index in [-0.39, 0.29) is 6.03 Å². The lowest BCUT2D eigenvalue weighted by Gasteiger charge is -2.29. The quantitative estimate of drug-likeness (QED) is 0.538. The van der Waals surface area contributed by atoms with E-state index in [0.29, 0.717) is 17.9 Å². The molecular weight excluding hydrogens is 350 g/mol. The molecule has 7 heteroatoms. The average molecular weight is 378 g/mol. The van der Waals surface area contributed by atoms with E-state index in [4.69, 9.17) is 4.74 Å². The molecule has 0 bridgehead atoms. The summed E-state index contributed by atoms with van der Waals surface area (Å²) in [5.74, 6) is 0.336. The van der Waals surface area contributed by atoms with Crippen molar-refractivity contribution >= 4 is 29.4 Å². The molecule has 6 nitrogen and oxygen atoms in total. The minimum Gasteiger partial charge on any atom is -0.461 e. The number of hydrogen-bond donors (Lipinski definition) is 2. The molecule has 1 aromatic carbocycles. The van der Waals surface area contributed by atoms with Gasteiger partial charge in [0.1, 0.15) is 6.61 Å². The Kier molecular flexibility index (Phi) is 7.38. The molecule has 2 amide bonds. The van der Waals surface area contributed by atoms with Crippen molar-refractivity contribution < 1.29 is 14.3 Å². The third kappa shape index (κ3) is 4.72. The van der Waals surface area contributed by atoms with Crippen LogP contribution in [0.5, 0.6) is 0 Å². The molecule has 0 saturated heterocycles. The van der Waals surface area contributed by atoms with Crippen molar-refractivity contribution in [2.75, 3.05) is 36.6 Å². The molecule has 0 radical (unpaired) electrons. The normalized spacial score (nSPS) is 16.8. The van der Waals surface area contributed by atoms with Crippen LogP contribution in [0.3, 0.4) is 0 Å². The first-order chi connectivity index (χ1) is 12.5. The summed E-state index contributed by atoms with van der Waals surface area (Å²) >= 11 is 1.61. The molecule has 26 heavy (non-hydrogen) atoms. The highest BCUT2D eigenvalue weighted by Gasteiger charge is 2.32. The van der Waals surface area contributed by atoms with Gasteiger partial charge in [-0.25, -0.2) is 9.59 Å². The third-order valence-corrected chi connectivity index (χ3v) is 4.94. The highest BCUT2D eigenvalue weighted by molar-refractivity contribution is 7.98. The molecular formula is C19H27N3O3S. The zero-order valence-corrected chi connectivity index (χ0v) is 16.6. The van der Waals surface area contributed by atoms with E-state index < -0.39 is 12.0 Å². The average Bonchev–Trinajstić information content (AvgIpc) is 2.62.